The summed E-state index contributed by atoms with van der Waals surface area (Å²) in [4.78, 5) is 2.90. The number of rotatable bonds is 2. The van der Waals surface area contributed by atoms with Crippen LogP contribution in [-0.4, -0.2) is 36.6 Å². The summed E-state index contributed by atoms with van der Waals surface area (Å²) in [6.45, 7) is 6.26. The lowest BCUT2D eigenvalue weighted by Gasteiger charge is -2.40. The highest BCUT2D eigenvalue weighted by atomic mass is 15.2. The van der Waals surface area contributed by atoms with Gasteiger partial charge in [-0.3, -0.25) is 4.90 Å². The van der Waals surface area contributed by atoms with Crippen molar-refractivity contribution in [2.75, 3.05) is 13.6 Å². The molecule has 104 valence electrons. The van der Waals surface area contributed by atoms with Crippen molar-refractivity contribution in [1.29, 1.82) is 0 Å². The van der Waals surface area contributed by atoms with Crippen molar-refractivity contribution in [2.45, 2.75) is 76.9 Å². The van der Waals surface area contributed by atoms with E-state index in [2.05, 4.69) is 31.1 Å². The molecule has 1 aliphatic heterocycles. The van der Waals surface area contributed by atoms with Crippen LogP contribution in [0, 0.1) is 11.3 Å². The zero-order valence-electron chi connectivity index (χ0n) is 12.4. The summed E-state index contributed by atoms with van der Waals surface area (Å²) in [5.74, 6) is 1.03. The van der Waals surface area contributed by atoms with Crippen LogP contribution in [0.15, 0.2) is 0 Å². The van der Waals surface area contributed by atoms with Gasteiger partial charge in [0.05, 0.1) is 0 Å². The third-order valence-electron chi connectivity index (χ3n) is 6.10. The fourth-order valence-corrected chi connectivity index (χ4v) is 5.16. The predicted octanol–water partition coefficient (Wildman–Crippen LogP) is 3.03. The molecule has 0 amide bonds. The van der Waals surface area contributed by atoms with Gasteiger partial charge in [-0.1, -0.05) is 26.7 Å². The molecular formula is C16H30N2. The molecule has 1 N–H and O–H groups in total. The number of likely N-dealkylation sites (tertiary alicyclic amines) is 1. The topological polar surface area (TPSA) is 15.3 Å². The highest BCUT2D eigenvalue weighted by Crippen LogP contribution is 2.45. The Morgan fingerprint density at radius 3 is 2.56 bits per heavy atom. The van der Waals surface area contributed by atoms with Gasteiger partial charge in [0.2, 0.25) is 0 Å². The zero-order chi connectivity index (χ0) is 12.8. The number of hydrogen-bond acceptors (Lipinski definition) is 2. The molecule has 0 bridgehead atoms. The quantitative estimate of drug-likeness (QED) is 0.810. The number of fused-ring (bicyclic) bond motifs is 1. The summed E-state index contributed by atoms with van der Waals surface area (Å²) in [7, 11) is 2.17. The molecule has 0 radical (unpaired) electrons. The van der Waals surface area contributed by atoms with Gasteiger partial charge in [-0.25, -0.2) is 0 Å². The molecule has 3 fully saturated rings. The maximum atomic E-state index is 3.64. The summed E-state index contributed by atoms with van der Waals surface area (Å²) in [5.41, 5.74) is 0.478. The van der Waals surface area contributed by atoms with Gasteiger partial charge in [0, 0.05) is 18.1 Å². The summed E-state index contributed by atoms with van der Waals surface area (Å²) < 4.78 is 0. The second kappa shape index (κ2) is 4.79. The van der Waals surface area contributed by atoms with E-state index in [9.17, 15) is 0 Å². The Balaban J connectivity index is 1.75. The Bertz CT molecular complexity index is 299. The van der Waals surface area contributed by atoms with E-state index in [1.807, 2.05) is 0 Å². The first-order valence-corrected chi connectivity index (χ1v) is 8.06. The van der Waals surface area contributed by atoms with Crippen LogP contribution in [-0.2, 0) is 0 Å². The predicted molar refractivity (Wildman–Crippen MR) is 76.7 cm³/mol. The maximum absolute atomic E-state index is 3.64. The van der Waals surface area contributed by atoms with E-state index in [1.165, 1.54) is 51.5 Å². The lowest BCUT2D eigenvalue weighted by atomic mass is 9.83. The molecule has 2 aliphatic carbocycles. The standard InChI is InChI=1S/C16H30N2/c1-16(2)10-8-14(15(16)17-3)18-11-9-12-6-4-5-7-13(12)18/h12-15,17H,4-11H2,1-3H3. The van der Waals surface area contributed by atoms with Crippen LogP contribution in [0.2, 0.25) is 0 Å². The minimum Gasteiger partial charge on any atom is -0.315 e. The molecule has 4 unspecified atom stereocenters. The molecule has 1 heterocycles. The van der Waals surface area contributed by atoms with E-state index in [-0.39, 0.29) is 0 Å². The minimum absolute atomic E-state index is 0.478. The highest BCUT2D eigenvalue weighted by Gasteiger charge is 2.48. The second-order valence-electron chi connectivity index (χ2n) is 7.50. The van der Waals surface area contributed by atoms with Crippen molar-refractivity contribution in [2.24, 2.45) is 11.3 Å². The van der Waals surface area contributed by atoms with Gasteiger partial charge in [0.15, 0.2) is 0 Å². The van der Waals surface area contributed by atoms with Crippen molar-refractivity contribution in [3.8, 4) is 0 Å². The summed E-state index contributed by atoms with van der Waals surface area (Å²) in [6, 6.07) is 2.42. The van der Waals surface area contributed by atoms with E-state index in [4.69, 9.17) is 0 Å². The Labute approximate surface area is 113 Å². The third kappa shape index (κ3) is 2.02. The average Bonchev–Trinajstić information content (AvgIpc) is 2.89. The molecule has 0 aromatic rings. The van der Waals surface area contributed by atoms with Crippen LogP contribution in [0.4, 0.5) is 0 Å². The molecule has 0 spiro atoms. The fourth-order valence-electron chi connectivity index (χ4n) is 5.16. The molecule has 2 nitrogen and oxygen atoms in total. The molecule has 3 rings (SSSR count). The van der Waals surface area contributed by atoms with Crippen LogP contribution < -0.4 is 5.32 Å². The van der Waals surface area contributed by atoms with Crippen molar-refractivity contribution >= 4 is 0 Å². The first-order chi connectivity index (χ1) is 8.63. The van der Waals surface area contributed by atoms with Gasteiger partial charge < -0.3 is 5.32 Å². The molecule has 2 heteroatoms. The first-order valence-electron chi connectivity index (χ1n) is 8.06. The number of nitrogens with zero attached hydrogens (tertiary/aromatic N) is 1. The van der Waals surface area contributed by atoms with E-state index in [0.717, 1.165) is 18.0 Å². The lowest BCUT2D eigenvalue weighted by Crippen LogP contribution is -2.53. The summed E-state index contributed by atoms with van der Waals surface area (Å²) in [5, 5.41) is 3.64. The van der Waals surface area contributed by atoms with Crippen LogP contribution in [0.3, 0.4) is 0 Å². The molecule has 4 atom stereocenters. The largest absolute Gasteiger partial charge is 0.315 e. The van der Waals surface area contributed by atoms with Crippen molar-refractivity contribution in [3.05, 3.63) is 0 Å². The summed E-state index contributed by atoms with van der Waals surface area (Å²) >= 11 is 0. The number of nitrogens with one attached hydrogen (secondary N) is 1. The summed E-state index contributed by atoms with van der Waals surface area (Å²) in [6.07, 6.45) is 10.2. The smallest absolute Gasteiger partial charge is 0.0271 e. The molecule has 2 saturated carbocycles. The van der Waals surface area contributed by atoms with Gasteiger partial charge >= 0.3 is 0 Å². The van der Waals surface area contributed by atoms with E-state index in [1.54, 1.807) is 0 Å². The first kappa shape index (κ1) is 12.9. The SMILES string of the molecule is CNC1C(N2CCC3CCCCC32)CCC1(C)C. The molecule has 0 aromatic heterocycles. The Hall–Kier alpha value is -0.0800. The van der Waals surface area contributed by atoms with Crippen molar-refractivity contribution < 1.29 is 0 Å². The van der Waals surface area contributed by atoms with Crippen LogP contribution in [0.5, 0.6) is 0 Å². The third-order valence-corrected chi connectivity index (χ3v) is 6.10. The Kier molecular flexibility index (Phi) is 3.44. The van der Waals surface area contributed by atoms with Gasteiger partial charge in [0.25, 0.3) is 0 Å². The lowest BCUT2D eigenvalue weighted by molar-refractivity contribution is 0.104. The fraction of sp³-hybridized carbons (Fsp3) is 1.00. The maximum Gasteiger partial charge on any atom is 0.0271 e. The molecule has 1 saturated heterocycles. The highest BCUT2D eigenvalue weighted by molar-refractivity contribution is 5.04. The molecule has 3 aliphatic rings. The monoisotopic (exact) mass is 250 g/mol. The van der Waals surface area contributed by atoms with Gasteiger partial charge in [-0.05, 0) is 57.0 Å². The van der Waals surface area contributed by atoms with E-state index >= 15 is 0 Å². The number of likely N-dealkylation sites (N-methyl/N-ethyl adjacent to an activating group) is 1. The Morgan fingerprint density at radius 2 is 1.78 bits per heavy atom. The van der Waals surface area contributed by atoms with Gasteiger partial charge in [0.1, 0.15) is 0 Å². The number of hydrogen-bond donors (Lipinski definition) is 1. The average molecular weight is 250 g/mol. The molecule has 18 heavy (non-hydrogen) atoms. The van der Waals surface area contributed by atoms with E-state index in [0.29, 0.717) is 11.5 Å². The van der Waals surface area contributed by atoms with Gasteiger partial charge in [-0.2, -0.15) is 0 Å². The van der Waals surface area contributed by atoms with Crippen LogP contribution in [0.25, 0.3) is 0 Å². The van der Waals surface area contributed by atoms with Gasteiger partial charge in [-0.15, -0.1) is 0 Å². The van der Waals surface area contributed by atoms with Crippen molar-refractivity contribution in [3.63, 3.8) is 0 Å². The Morgan fingerprint density at radius 1 is 1.00 bits per heavy atom. The zero-order valence-corrected chi connectivity index (χ0v) is 12.4. The normalized spacial score (nSPS) is 44.2. The second-order valence-corrected chi connectivity index (χ2v) is 7.50. The van der Waals surface area contributed by atoms with Crippen molar-refractivity contribution in [1.82, 2.24) is 10.2 Å². The molecule has 0 aromatic carbocycles. The molecular weight excluding hydrogens is 220 g/mol. The van der Waals surface area contributed by atoms with E-state index < -0.39 is 0 Å². The van der Waals surface area contributed by atoms with Crippen LogP contribution >= 0.6 is 0 Å². The van der Waals surface area contributed by atoms with Crippen LogP contribution in [0.1, 0.15) is 58.8 Å². The minimum atomic E-state index is 0.478.